The standard InChI is InChI=1S/C24H16/c1-21(17-19-23-13-5-3-6-14-23)11-9-10-12-22(2)18-20-24-15-7-4-8-16-24/h3-8,13-16H,1-2H3. The van der Waals surface area contributed by atoms with Crippen LogP contribution in [0, 0.1) is 23.7 Å². The van der Waals surface area contributed by atoms with Crippen LogP contribution in [0.2, 0.25) is 0 Å². The summed E-state index contributed by atoms with van der Waals surface area (Å²) >= 11 is 0. The minimum atomic E-state index is 0.793. The molecule has 0 amide bonds. The molecular weight excluding hydrogens is 288 g/mol. The van der Waals surface area contributed by atoms with Crippen molar-refractivity contribution in [3.8, 4) is 23.7 Å². The van der Waals surface area contributed by atoms with Crippen molar-refractivity contribution in [2.75, 3.05) is 0 Å². The molecule has 0 heteroatoms. The normalized spacial score (nSPS) is 7.92. The van der Waals surface area contributed by atoms with E-state index in [0.29, 0.717) is 0 Å². The zero-order valence-electron chi connectivity index (χ0n) is 13.8. The van der Waals surface area contributed by atoms with Gasteiger partial charge in [0.15, 0.2) is 0 Å². The van der Waals surface area contributed by atoms with E-state index in [9.17, 15) is 0 Å². The summed E-state index contributed by atoms with van der Waals surface area (Å²) in [6.07, 6.45) is 0. The SMILES string of the molecule is CC(=C=C=C=C=C(C)C#Cc1ccccc1)C#Cc1ccccc1. The smallest absolute Gasteiger partial charge is 0.0501 e. The molecule has 24 heavy (non-hydrogen) atoms. The fourth-order valence-electron chi connectivity index (χ4n) is 1.69. The summed E-state index contributed by atoms with van der Waals surface area (Å²) in [5.74, 6) is 12.2. The monoisotopic (exact) mass is 304 g/mol. The highest BCUT2D eigenvalue weighted by Gasteiger charge is 1.82. The van der Waals surface area contributed by atoms with Crippen molar-refractivity contribution in [3.05, 3.63) is 106 Å². The number of benzene rings is 2. The molecule has 0 saturated heterocycles. The van der Waals surface area contributed by atoms with Crippen molar-refractivity contribution in [2.24, 2.45) is 0 Å². The third kappa shape index (κ3) is 6.46. The van der Waals surface area contributed by atoms with E-state index in [4.69, 9.17) is 0 Å². The Balaban J connectivity index is 2.18. The summed E-state index contributed by atoms with van der Waals surface area (Å²) in [6.45, 7) is 3.77. The lowest BCUT2D eigenvalue weighted by atomic mass is 10.2. The number of hydrogen-bond donors (Lipinski definition) is 0. The van der Waals surface area contributed by atoms with Crippen molar-refractivity contribution >= 4 is 0 Å². The predicted molar refractivity (Wildman–Crippen MR) is 99.1 cm³/mol. The first-order valence-corrected chi connectivity index (χ1v) is 7.57. The van der Waals surface area contributed by atoms with Gasteiger partial charge in [-0.2, -0.15) is 0 Å². The highest BCUT2D eigenvalue weighted by atomic mass is 13.9. The molecule has 0 aromatic heterocycles. The van der Waals surface area contributed by atoms with Crippen molar-refractivity contribution in [1.29, 1.82) is 0 Å². The summed E-state index contributed by atoms with van der Waals surface area (Å²) in [7, 11) is 0. The maximum atomic E-state index is 3.07. The van der Waals surface area contributed by atoms with Crippen LogP contribution in [0.5, 0.6) is 0 Å². The van der Waals surface area contributed by atoms with Gasteiger partial charge in [-0.25, -0.2) is 0 Å². The van der Waals surface area contributed by atoms with Crippen LogP contribution in [0.3, 0.4) is 0 Å². The van der Waals surface area contributed by atoms with Crippen LogP contribution < -0.4 is 0 Å². The molecule has 0 aliphatic heterocycles. The molecule has 0 radical (unpaired) electrons. The van der Waals surface area contributed by atoms with Gasteiger partial charge in [-0.3, -0.25) is 0 Å². The van der Waals surface area contributed by atoms with E-state index in [1.165, 1.54) is 0 Å². The summed E-state index contributed by atoms with van der Waals surface area (Å²) < 4.78 is 0. The topological polar surface area (TPSA) is 0 Å². The second kappa shape index (κ2) is 9.44. The third-order valence-electron chi connectivity index (χ3n) is 2.90. The molecule has 2 rings (SSSR count). The van der Waals surface area contributed by atoms with Crippen LogP contribution >= 0.6 is 0 Å². The van der Waals surface area contributed by atoms with Gasteiger partial charge in [-0.15, -0.1) is 0 Å². The molecule has 2 aromatic carbocycles. The van der Waals surface area contributed by atoms with E-state index in [1.807, 2.05) is 74.5 Å². The fraction of sp³-hybridized carbons (Fsp3) is 0.0833. The molecule has 0 bridgehead atoms. The molecule has 0 aliphatic carbocycles. The molecule has 0 fully saturated rings. The van der Waals surface area contributed by atoms with E-state index in [-0.39, 0.29) is 0 Å². The quantitative estimate of drug-likeness (QED) is 0.472. The first-order valence-electron chi connectivity index (χ1n) is 7.57. The van der Waals surface area contributed by atoms with Crippen LogP contribution in [0.15, 0.2) is 94.7 Å². The Hall–Kier alpha value is -3.58. The van der Waals surface area contributed by atoms with Gasteiger partial charge >= 0.3 is 0 Å². The van der Waals surface area contributed by atoms with Crippen LogP contribution in [-0.2, 0) is 0 Å². The average Bonchev–Trinajstić information content (AvgIpc) is 2.63. The zero-order valence-corrected chi connectivity index (χ0v) is 13.8. The summed E-state index contributed by atoms with van der Waals surface area (Å²) in [5, 5.41) is 0. The third-order valence-corrected chi connectivity index (χ3v) is 2.90. The molecule has 0 spiro atoms. The van der Waals surface area contributed by atoms with Crippen molar-refractivity contribution in [3.63, 3.8) is 0 Å². The van der Waals surface area contributed by atoms with Gasteiger partial charge in [0.05, 0.1) is 11.1 Å². The maximum Gasteiger partial charge on any atom is 0.0501 e. The number of rotatable bonds is 0. The lowest BCUT2D eigenvalue weighted by Crippen LogP contribution is -1.71. The second-order valence-corrected chi connectivity index (χ2v) is 4.98. The Labute approximate surface area is 143 Å². The van der Waals surface area contributed by atoms with Crippen LogP contribution in [0.4, 0.5) is 0 Å². The van der Waals surface area contributed by atoms with Crippen LogP contribution in [0.25, 0.3) is 0 Å². The van der Waals surface area contributed by atoms with Gasteiger partial charge in [0.2, 0.25) is 0 Å². The molecule has 0 heterocycles. The fourth-order valence-corrected chi connectivity index (χ4v) is 1.69. The van der Waals surface area contributed by atoms with Crippen molar-refractivity contribution in [2.45, 2.75) is 13.8 Å². The largest absolute Gasteiger partial charge is 0.0622 e. The van der Waals surface area contributed by atoms with E-state index in [1.54, 1.807) is 0 Å². The Kier molecular flexibility index (Phi) is 6.60. The molecule has 0 aliphatic rings. The van der Waals surface area contributed by atoms with E-state index in [2.05, 4.69) is 46.6 Å². The van der Waals surface area contributed by atoms with Gasteiger partial charge in [0.1, 0.15) is 0 Å². The molecule has 0 nitrogen and oxygen atoms in total. The van der Waals surface area contributed by atoms with E-state index >= 15 is 0 Å². The molecule has 2 aromatic rings. The van der Waals surface area contributed by atoms with Gasteiger partial charge < -0.3 is 0 Å². The van der Waals surface area contributed by atoms with Crippen LogP contribution in [-0.4, -0.2) is 0 Å². The Morgan fingerprint density at radius 2 is 0.958 bits per heavy atom. The zero-order chi connectivity index (χ0) is 17.0. The van der Waals surface area contributed by atoms with Gasteiger partial charge in [0, 0.05) is 11.1 Å². The maximum absolute atomic E-state index is 3.07. The summed E-state index contributed by atoms with van der Waals surface area (Å²) in [6, 6.07) is 19.7. The minimum Gasteiger partial charge on any atom is -0.0622 e. The highest BCUT2D eigenvalue weighted by Crippen LogP contribution is 1.97. The first-order chi connectivity index (χ1) is 11.7. The molecule has 0 saturated carbocycles. The lowest BCUT2D eigenvalue weighted by molar-refractivity contribution is 1.58. The predicted octanol–water partition coefficient (Wildman–Crippen LogP) is 5.05. The minimum absolute atomic E-state index is 0.793. The Morgan fingerprint density at radius 3 is 1.33 bits per heavy atom. The van der Waals surface area contributed by atoms with Crippen molar-refractivity contribution in [1.82, 2.24) is 0 Å². The Bertz CT molecular complexity index is 902. The second-order valence-electron chi connectivity index (χ2n) is 4.98. The van der Waals surface area contributed by atoms with Gasteiger partial charge in [0.25, 0.3) is 0 Å². The molecule has 0 unspecified atom stereocenters. The van der Waals surface area contributed by atoms with Crippen LogP contribution in [0.1, 0.15) is 25.0 Å². The highest BCUT2D eigenvalue weighted by molar-refractivity contribution is 5.40. The van der Waals surface area contributed by atoms with Gasteiger partial charge in [-0.1, -0.05) is 60.1 Å². The molecule has 0 atom stereocenters. The summed E-state index contributed by atoms with van der Waals surface area (Å²) in [4.78, 5) is 0. The first kappa shape index (κ1) is 16.8. The lowest BCUT2D eigenvalue weighted by Gasteiger charge is -1.85. The van der Waals surface area contributed by atoms with E-state index in [0.717, 1.165) is 22.3 Å². The average molecular weight is 304 g/mol. The molecular formula is C24H16. The summed E-state index contributed by atoms with van der Waals surface area (Å²) in [5.41, 5.74) is 15.0. The Morgan fingerprint density at radius 1 is 0.583 bits per heavy atom. The molecule has 112 valence electrons. The number of hydrogen-bond acceptors (Lipinski definition) is 0. The molecule has 0 N–H and O–H groups in total. The number of allylic oxidation sites excluding steroid dienone is 2. The van der Waals surface area contributed by atoms with Crippen molar-refractivity contribution < 1.29 is 0 Å². The van der Waals surface area contributed by atoms with E-state index < -0.39 is 0 Å². The van der Waals surface area contributed by atoms with Gasteiger partial charge in [-0.05, 0) is 61.0 Å².